The lowest BCUT2D eigenvalue weighted by atomic mass is 10.1. The van der Waals surface area contributed by atoms with E-state index in [9.17, 15) is 8.42 Å². The summed E-state index contributed by atoms with van der Waals surface area (Å²) in [5.41, 5.74) is 7.12. The van der Waals surface area contributed by atoms with E-state index in [0.717, 1.165) is 5.56 Å². The summed E-state index contributed by atoms with van der Waals surface area (Å²) >= 11 is 0. The van der Waals surface area contributed by atoms with Crippen LogP contribution in [0.3, 0.4) is 0 Å². The van der Waals surface area contributed by atoms with Crippen molar-refractivity contribution in [2.75, 3.05) is 0 Å². The van der Waals surface area contributed by atoms with E-state index < -0.39 is 10.0 Å². The number of nitrogens with two attached hydrogens (primary N) is 1. The smallest absolute Gasteiger partial charge is 0.242 e. The molecule has 1 unspecified atom stereocenters. The van der Waals surface area contributed by atoms with E-state index >= 15 is 0 Å². The molecule has 0 radical (unpaired) electrons. The molecule has 1 aromatic carbocycles. The molecule has 0 saturated heterocycles. The van der Waals surface area contributed by atoms with E-state index in [4.69, 9.17) is 5.73 Å². The zero-order valence-electron chi connectivity index (χ0n) is 11.3. The fourth-order valence-corrected chi connectivity index (χ4v) is 3.34. The molecule has 0 aliphatic carbocycles. The molecule has 5 nitrogen and oxygen atoms in total. The van der Waals surface area contributed by atoms with Crippen LogP contribution in [0, 0.1) is 0 Å². The lowest BCUT2D eigenvalue weighted by Gasteiger charge is -2.16. The molecule has 108 valence electrons. The minimum Gasteiger partial charge on any atom is -0.363 e. The van der Waals surface area contributed by atoms with Gasteiger partial charge in [-0.2, -0.15) is 0 Å². The molecule has 6 heteroatoms. The predicted octanol–water partition coefficient (Wildman–Crippen LogP) is 1.90. The van der Waals surface area contributed by atoms with Crippen molar-refractivity contribution in [2.24, 2.45) is 5.73 Å². The van der Waals surface area contributed by atoms with E-state index in [1.54, 1.807) is 6.07 Å². The molecule has 0 aliphatic heterocycles. The van der Waals surface area contributed by atoms with Crippen molar-refractivity contribution in [1.82, 2.24) is 9.71 Å². The third-order valence-electron chi connectivity index (χ3n) is 3.15. The molecular formula is C14H19N3O2S. The first-order chi connectivity index (χ1) is 9.56. The van der Waals surface area contributed by atoms with E-state index in [-0.39, 0.29) is 17.5 Å². The number of sulfonamides is 1. The zero-order valence-corrected chi connectivity index (χ0v) is 12.2. The van der Waals surface area contributed by atoms with Gasteiger partial charge in [0.15, 0.2) is 0 Å². The third kappa shape index (κ3) is 3.27. The van der Waals surface area contributed by atoms with Crippen molar-refractivity contribution in [1.29, 1.82) is 0 Å². The minimum absolute atomic E-state index is 0.215. The van der Waals surface area contributed by atoms with Crippen molar-refractivity contribution >= 4 is 10.0 Å². The van der Waals surface area contributed by atoms with Crippen LogP contribution in [0.25, 0.3) is 0 Å². The largest absolute Gasteiger partial charge is 0.363 e. The van der Waals surface area contributed by atoms with Gasteiger partial charge in [-0.25, -0.2) is 13.1 Å². The van der Waals surface area contributed by atoms with Crippen LogP contribution in [0.4, 0.5) is 0 Å². The Morgan fingerprint density at radius 1 is 1.30 bits per heavy atom. The molecular weight excluding hydrogens is 274 g/mol. The molecule has 0 spiro atoms. The van der Waals surface area contributed by atoms with Crippen molar-refractivity contribution in [3.63, 3.8) is 0 Å². The van der Waals surface area contributed by atoms with Gasteiger partial charge in [-0.3, -0.25) is 0 Å². The Hall–Kier alpha value is -1.63. The van der Waals surface area contributed by atoms with Gasteiger partial charge in [-0.05, 0) is 18.1 Å². The first-order valence-corrected chi connectivity index (χ1v) is 7.99. The minimum atomic E-state index is -3.55. The monoisotopic (exact) mass is 293 g/mol. The summed E-state index contributed by atoms with van der Waals surface area (Å²) < 4.78 is 27.4. The maximum Gasteiger partial charge on any atom is 0.242 e. The Labute approximate surface area is 119 Å². The van der Waals surface area contributed by atoms with Gasteiger partial charge < -0.3 is 10.7 Å². The molecule has 20 heavy (non-hydrogen) atoms. The highest BCUT2D eigenvalue weighted by Gasteiger charge is 2.21. The van der Waals surface area contributed by atoms with Gasteiger partial charge in [-0.15, -0.1) is 0 Å². The van der Waals surface area contributed by atoms with Crippen LogP contribution in [0.15, 0.2) is 47.5 Å². The van der Waals surface area contributed by atoms with Crippen LogP contribution in [0.1, 0.15) is 30.6 Å². The van der Waals surface area contributed by atoms with E-state index in [0.29, 0.717) is 12.1 Å². The van der Waals surface area contributed by atoms with Gasteiger partial charge >= 0.3 is 0 Å². The van der Waals surface area contributed by atoms with Gasteiger partial charge in [0, 0.05) is 24.5 Å². The second kappa shape index (κ2) is 6.21. The molecule has 0 amide bonds. The van der Waals surface area contributed by atoms with Crippen LogP contribution >= 0.6 is 0 Å². The fraction of sp³-hybridized carbons (Fsp3) is 0.286. The Balaban J connectivity index is 2.22. The molecule has 2 rings (SSSR count). The fourth-order valence-electron chi connectivity index (χ4n) is 2.02. The number of H-pyrrole nitrogens is 1. The highest BCUT2D eigenvalue weighted by Crippen LogP contribution is 2.20. The molecule has 0 fully saturated rings. The number of benzene rings is 1. The summed E-state index contributed by atoms with van der Waals surface area (Å²) in [4.78, 5) is 3.06. The van der Waals surface area contributed by atoms with Gasteiger partial charge in [0.25, 0.3) is 0 Å². The SMILES string of the molecule is CCC(NS(=O)(=O)c1c[nH]c(CN)c1)c1ccccc1. The van der Waals surface area contributed by atoms with E-state index in [1.165, 1.54) is 6.20 Å². The number of nitrogens with one attached hydrogen (secondary N) is 2. The van der Waals surface area contributed by atoms with E-state index in [1.807, 2.05) is 37.3 Å². The lowest BCUT2D eigenvalue weighted by molar-refractivity contribution is 0.550. The summed E-state index contributed by atoms with van der Waals surface area (Å²) in [5.74, 6) is 0. The molecule has 1 heterocycles. The predicted molar refractivity (Wildman–Crippen MR) is 78.5 cm³/mol. The first kappa shape index (κ1) is 14.8. The first-order valence-electron chi connectivity index (χ1n) is 6.51. The molecule has 0 aliphatic rings. The number of hydrogen-bond donors (Lipinski definition) is 3. The number of hydrogen-bond acceptors (Lipinski definition) is 3. The second-order valence-electron chi connectivity index (χ2n) is 4.56. The third-order valence-corrected chi connectivity index (χ3v) is 4.61. The highest BCUT2D eigenvalue weighted by atomic mass is 32.2. The quantitative estimate of drug-likeness (QED) is 0.760. The van der Waals surface area contributed by atoms with Gasteiger partial charge in [0.05, 0.1) is 4.90 Å². The van der Waals surface area contributed by atoms with Crippen molar-refractivity contribution in [3.05, 3.63) is 53.9 Å². The number of aromatic nitrogens is 1. The topological polar surface area (TPSA) is 88.0 Å². The van der Waals surface area contributed by atoms with Crippen LogP contribution in [0.2, 0.25) is 0 Å². The number of aromatic amines is 1. The summed E-state index contributed by atoms with van der Waals surface area (Å²) in [6.45, 7) is 2.23. The summed E-state index contributed by atoms with van der Waals surface area (Å²) in [6, 6.07) is 10.9. The van der Waals surface area contributed by atoms with Crippen molar-refractivity contribution in [2.45, 2.75) is 30.8 Å². The highest BCUT2D eigenvalue weighted by molar-refractivity contribution is 7.89. The molecule has 0 bridgehead atoms. The maximum atomic E-state index is 12.3. The molecule has 2 aromatic rings. The van der Waals surface area contributed by atoms with E-state index in [2.05, 4.69) is 9.71 Å². The average Bonchev–Trinajstić information content (AvgIpc) is 2.95. The summed E-state index contributed by atoms with van der Waals surface area (Å²) in [5, 5.41) is 0. The zero-order chi connectivity index (χ0) is 14.6. The Morgan fingerprint density at radius 3 is 2.55 bits per heavy atom. The molecule has 0 saturated carbocycles. The number of rotatable bonds is 6. The normalized spacial score (nSPS) is 13.3. The van der Waals surface area contributed by atoms with Crippen LogP contribution in [0.5, 0.6) is 0 Å². The van der Waals surface area contributed by atoms with Gasteiger partial charge in [0.2, 0.25) is 10.0 Å². The second-order valence-corrected chi connectivity index (χ2v) is 6.27. The molecule has 1 aromatic heterocycles. The summed E-state index contributed by atoms with van der Waals surface area (Å²) in [7, 11) is -3.55. The lowest BCUT2D eigenvalue weighted by Crippen LogP contribution is -2.28. The standard InChI is InChI=1S/C14H19N3O2S/c1-2-14(11-6-4-3-5-7-11)17-20(18,19)13-8-12(9-15)16-10-13/h3-8,10,14,16-17H,2,9,15H2,1H3. The van der Waals surface area contributed by atoms with Crippen molar-refractivity contribution in [3.8, 4) is 0 Å². The van der Waals surface area contributed by atoms with Gasteiger partial charge in [-0.1, -0.05) is 37.3 Å². The van der Waals surface area contributed by atoms with Crippen LogP contribution in [-0.4, -0.2) is 13.4 Å². The Kier molecular flexibility index (Phi) is 4.59. The van der Waals surface area contributed by atoms with Crippen molar-refractivity contribution < 1.29 is 8.42 Å². The Morgan fingerprint density at radius 2 is 2.00 bits per heavy atom. The van der Waals surface area contributed by atoms with Crippen LogP contribution in [-0.2, 0) is 16.6 Å². The average molecular weight is 293 g/mol. The summed E-state index contributed by atoms with van der Waals surface area (Å²) in [6.07, 6.45) is 2.14. The van der Waals surface area contributed by atoms with Gasteiger partial charge in [0.1, 0.15) is 0 Å². The molecule has 4 N–H and O–H groups in total. The maximum absolute atomic E-state index is 12.3. The molecule has 1 atom stereocenters. The van der Waals surface area contributed by atoms with Crippen LogP contribution < -0.4 is 10.5 Å². The Bertz CT molecular complexity index is 650.